The van der Waals surface area contributed by atoms with Crippen molar-refractivity contribution in [2.24, 2.45) is 0 Å². The number of benzene rings is 2. The second kappa shape index (κ2) is 10.1. The van der Waals surface area contributed by atoms with Crippen LogP contribution in [-0.2, 0) is 11.2 Å². The first-order valence-electron chi connectivity index (χ1n) is 10.5. The molecule has 3 rings (SSSR count). The molecule has 2 aromatic rings. The smallest absolute Gasteiger partial charge is 0.440 e. The van der Waals surface area contributed by atoms with E-state index < -0.39 is 29.7 Å². The molecule has 35 heavy (non-hydrogen) atoms. The molecule has 0 spiro atoms. The number of nitrogens with zero attached hydrogens (tertiary/aromatic N) is 1. The van der Waals surface area contributed by atoms with E-state index in [0.717, 1.165) is 0 Å². The van der Waals surface area contributed by atoms with E-state index >= 15 is 0 Å². The average molecular weight is 495 g/mol. The van der Waals surface area contributed by atoms with Crippen molar-refractivity contribution in [1.29, 1.82) is 0 Å². The minimum absolute atomic E-state index is 0.0342. The van der Waals surface area contributed by atoms with Crippen LogP contribution in [0, 0.1) is 0 Å². The molecule has 1 heterocycles. The molecule has 1 saturated heterocycles. The van der Waals surface area contributed by atoms with Crippen molar-refractivity contribution in [3.8, 4) is 17.2 Å². The van der Waals surface area contributed by atoms with E-state index in [0.29, 0.717) is 22.0 Å². The Morgan fingerprint density at radius 3 is 2.37 bits per heavy atom. The maximum absolute atomic E-state index is 14.1. The van der Waals surface area contributed by atoms with Crippen LogP contribution in [0.3, 0.4) is 0 Å². The number of halogens is 3. The number of urea groups is 1. The Hall–Kier alpha value is -3.96. The summed E-state index contributed by atoms with van der Waals surface area (Å²) in [6.45, 7) is 1.43. The van der Waals surface area contributed by atoms with Crippen molar-refractivity contribution in [2.75, 3.05) is 27.4 Å². The fourth-order valence-electron chi connectivity index (χ4n) is 3.58. The molecular weight excluding hydrogens is 471 g/mol. The van der Waals surface area contributed by atoms with Gasteiger partial charge in [-0.05, 0) is 43.2 Å². The molecule has 0 bridgehead atoms. The standard InChI is InChI=1S/C23H24F3N3O6/c1-4-35-16-8-6-5-7-15(16)19(30)27-22(23(24,25)26)20(31)29(21(32)28-22)12-11-14-9-10-17(33-2)18(13-14)34-3/h5-10,13H,4,11-12H2,1-3H3,(H,27,30)(H,28,32)/t22-/m1/s1. The van der Waals surface area contributed by atoms with Crippen molar-refractivity contribution in [2.45, 2.75) is 25.2 Å². The predicted molar refractivity (Wildman–Crippen MR) is 117 cm³/mol. The molecule has 9 nitrogen and oxygen atoms in total. The van der Waals surface area contributed by atoms with E-state index in [2.05, 4.69) is 0 Å². The molecule has 4 amide bonds. The number of ether oxygens (including phenoxy) is 3. The van der Waals surface area contributed by atoms with Crippen LogP contribution in [0.25, 0.3) is 0 Å². The summed E-state index contributed by atoms with van der Waals surface area (Å²) in [5.74, 6) is -2.02. The summed E-state index contributed by atoms with van der Waals surface area (Å²) in [6.07, 6.45) is -5.29. The lowest BCUT2D eigenvalue weighted by Gasteiger charge is -2.30. The molecule has 1 fully saturated rings. The summed E-state index contributed by atoms with van der Waals surface area (Å²) < 4.78 is 58.0. The number of para-hydroxylation sites is 1. The molecule has 0 saturated carbocycles. The summed E-state index contributed by atoms with van der Waals surface area (Å²) >= 11 is 0. The minimum Gasteiger partial charge on any atom is -0.493 e. The third-order valence-electron chi connectivity index (χ3n) is 5.34. The van der Waals surface area contributed by atoms with Gasteiger partial charge in [0.15, 0.2) is 11.5 Å². The van der Waals surface area contributed by atoms with E-state index in [4.69, 9.17) is 14.2 Å². The third-order valence-corrected chi connectivity index (χ3v) is 5.34. The molecule has 1 atom stereocenters. The van der Waals surface area contributed by atoms with Crippen LogP contribution in [0.15, 0.2) is 42.5 Å². The minimum atomic E-state index is -5.33. The number of methoxy groups -OCH3 is 2. The monoisotopic (exact) mass is 495 g/mol. The molecule has 1 aliphatic heterocycles. The van der Waals surface area contributed by atoms with Crippen LogP contribution < -0.4 is 24.8 Å². The largest absolute Gasteiger partial charge is 0.493 e. The second-order valence-corrected chi connectivity index (χ2v) is 7.46. The zero-order valence-corrected chi connectivity index (χ0v) is 19.2. The molecule has 188 valence electrons. The van der Waals surface area contributed by atoms with Crippen molar-refractivity contribution >= 4 is 17.8 Å². The van der Waals surface area contributed by atoms with Gasteiger partial charge < -0.3 is 19.5 Å². The van der Waals surface area contributed by atoms with Crippen LogP contribution in [0.5, 0.6) is 17.2 Å². The number of rotatable bonds is 9. The highest BCUT2D eigenvalue weighted by Gasteiger charge is 2.68. The normalized spacial score (nSPS) is 17.7. The van der Waals surface area contributed by atoms with Crippen LogP contribution >= 0.6 is 0 Å². The van der Waals surface area contributed by atoms with E-state index in [1.54, 1.807) is 41.8 Å². The lowest BCUT2D eigenvalue weighted by molar-refractivity contribution is -0.200. The van der Waals surface area contributed by atoms with Gasteiger partial charge in [-0.3, -0.25) is 19.8 Å². The molecular formula is C23H24F3N3O6. The van der Waals surface area contributed by atoms with Gasteiger partial charge in [0.25, 0.3) is 17.5 Å². The Bertz CT molecular complexity index is 1120. The number of amides is 4. The van der Waals surface area contributed by atoms with E-state index in [1.807, 2.05) is 0 Å². The van der Waals surface area contributed by atoms with Crippen LogP contribution in [-0.4, -0.2) is 62.0 Å². The van der Waals surface area contributed by atoms with Crippen LogP contribution in [0.4, 0.5) is 18.0 Å². The number of imide groups is 1. The van der Waals surface area contributed by atoms with Crippen molar-refractivity contribution < 1.29 is 41.8 Å². The van der Waals surface area contributed by atoms with Gasteiger partial charge in [0, 0.05) is 6.54 Å². The average Bonchev–Trinajstić information content (AvgIpc) is 3.07. The van der Waals surface area contributed by atoms with Crippen LogP contribution in [0.1, 0.15) is 22.8 Å². The van der Waals surface area contributed by atoms with E-state index in [-0.39, 0.29) is 30.9 Å². The highest BCUT2D eigenvalue weighted by Crippen LogP contribution is 2.35. The van der Waals surface area contributed by atoms with Gasteiger partial charge in [-0.25, -0.2) is 4.79 Å². The summed E-state index contributed by atoms with van der Waals surface area (Å²) in [4.78, 5) is 38.6. The number of carbonyl (C=O) groups is 3. The summed E-state index contributed by atoms with van der Waals surface area (Å²) in [5.41, 5.74) is -3.26. The first-order valence-corrected chi connectivity index (χ1v) is 10.5. The Morgan fingerprint density at radius 2 is 1.74 bits per heavy atom. The molecule has 1 aliphatic rings. The number of hydrogen-bond donors (Lipinski definition) is 2. The molecule has 0 aromatic heterocycles. The summed E-state index contributed by atoms with van der Waals surface area (Å²) in [6, 6.07) is 9.15. The maximum atomic E-state index is 14.1. The Balaban J connectivity index is 1.85. The van der Waals surface area contributed by atoms with E-state index in [9.17, 15) is 27.6 Å². The van der Waals surface area contributed by atoms with Gasteiger partial charge in [-0.15, -0.1) is 0 Å². The quantitative estimate of drug-likeness (QED) is 0.519. The highest BCUT2D eigenvalue weighted by atomic mass is 19.4. The molecule has 0 unspecified atom stereocenters. The lowest BCUT2D eigenvalue weighted by atomic mass is 10.1. The highest BCUT2D eigenvalue weighted by molar-refractivity contribution is 6.10. The first-order chi connectivity index (χ1) is 16.6. The van der Waals surface area contributed by atoms with Gasteiger partial charge in [0.2, 0.25) is 0 Å². The SMILES string of the molecule is CCOc1ccccc1C(=O)N[C@@]1(C(F)(F)F)NC(=O)N(CCc2ccc(OC)c(OC)c2)C1=O. The van der Waals surface area contributed by atoms with Gasteiger partial charge in [0.05, 0.1) is 26.4 Å². The van der Waals surface area contributed by atoms with Crippen molar-refractivity contribution in [3.05, 3.63) is 53.6 Å². The van der Waals surface area contributed by atoms with Crippen molar-refractivity contribution in [1.82, 2.24) is 15.5 Å². The fourth-order valence-corrected chi connectivity index (χ4v) is 3.58. The van der Waals surface area contributed by atoms with Crippen molar-refractivity contribution in [3.63, 3.8) is 0 Å². The molecule has 0 aliphatic carbocycles. The zero-order chi connectivity index (χ0) is 25.8. The van der Waals surface area contributed by atoms with E-state index in [1.165, 1.54) is 32.4 Å². The zero-order valence-electron chi connectivity index (χ0n) is 19.2. The molecule has 12 heteroatoms. The fraction of sp³-hybridized carbons (Fsp3) is 0.348. The van der Waals surface area contributed by atoms with Crippen LogP contribution in [0.2, 0.25) is 0 Å². The summed E-state index contributed by atoms with van der Waals surface area (Å²) in [5, 5.41) is 3.32. The molecule has 2 aromatic carbocycles. The molecule has 0 radical (unpaired) electrons. The Labute approximate surface area is 199 Å². The Morgan fingerprint density at radius 1 is 1.06 bits per heavy atom. The third kappa shape index (κ3) is 4.96. The number of hydrogen-bond acceptors (Lipinski definition) is 6. The second-order valence-electron chi connectivity index (χ2n) is 7.46. The number of nitrogens with one attached hydrogen (secondary N) is 2. The Kier molecular flexibility index (Phi) is 7.42. The first kappa shape index (κ1) is 25.7. The number of alkyl halides is 3. The topological polar surface area (TPSA) is 106 Å². The maximum Gasteiger partial charge on any atom is 0.440 e. The van der Waals surface area contributed by atoms with Gasteiger partial charge >= 0.3 is 12.2 Å². The van der Waals surface area contributed by atoms with Gasteiger partial charge in [-0.2, -0.15) is 13.2 Å². The molecule has 2 N–H and O–H groups in total. The predicted octanol–water partition coefficient (Wildman–Crippen LogP) is 2.89. The lowest BCUT2D eigenvalue weighted by Crippen LogP contribution is -2.69. The van der Waals surface area contributed by atoms with Gasteiger partial charge in [0.1, 0.15) is 5.75 Å². The number of carbonyl (C=O) groups excluding carboxylic acids is 3. The summed E-state index contributed by atoms with van der Waals surface area (Å²) in [7, 11) is 2.87. The van der Waals surface area contributed by atoms with Gasteiger partial charge in [-0.1, -0.05) is 18.2 Å².